The third-order valence-corrected chi connectivity index (χ3v) is 18.9. The van der Waals surface area contributed by atoms with Gasteiger partial charge in [0.25, 0.3) is 0 Å². The fraction of sp³-hybridized carbons (Fsp3) is 0.214. The van der Waals surface area contributed by atoms with Gasteiger partial charge in [-0.15, -0.1) is 61.2 Å². The SMILES string of the molecule is CNc1nnc2c(N(C)c3ccccc3OC)nccn12.CNc1nnc2c(NCCc3ccc(C)cc3)nccn12.CNc1nnc2c(NCCc3cccc(C)c3)nccn12.CNc1nnc2c(NCc3ccc(C)cc3)nccn12.CNc1nnc2c(Nc3cc(C)ccc3OC)nccn12.CNc1nnc2c(Nc3ccccc3)nccn12. The number of benzene rings is 6. The van der Waals surface area contributed by atoms with E-state index in [0.29, 0.717) is 82.3 Å². The first kappa shape index (κ1) is 83.8. The van der Waals surface area contributed by atoms with Crippen LogP contribution in [-0.2, 0) is 19.4 Å². The van der Waals surface area contributed by atoms with E-state index in [1.54, 1.807) is 78.7 Å². The smallest absolute Gasteiger partial charge is 0.228 e. The van der Waals surface area contributed by atoms with Crippen molar-refractivity contribution in [3.8, 4) is 11.5 Å². The lowest BCUT2D eigenvalue weighted by atomic mass is 10.1. The molecule has 0 amide bonds. The van der Waals surface area contributed by atoms with Gasteiger partial charge in [-0.05, 0) is 99.2 Å². The van der Waals surface area contributed by atoms with Gasteiger partial charge in [0, 0.05) is 149 Å². The molecule has 0 unspecified atom stereocenters. The predicted molar refractivity (Wildman–Crippen MR) is 479 cm³/mol. The second kappa shape index (κ2) is 40.6. The van der Waals surface area contributed by atoms with Gasteiger partial charge in [-0.1, -0.05) is 126 Å². The molecule has 0 radical (unpaired) electrons. The van der Waals surface area contributed by atoms with Crippen LogP contribution in [0.2, 0.25) is 0 Å². The van der Waals surface area contributed by atoms with Crippen LogP contribution >= 0.6 is 0 Å². The zero-order valence-electron chi connectivity index (χ0n) is 69.8. The average Bonchev–Trinajstić information content (AvgIpc) is 1.60. The maximum absolute atomic E-state index is 5.40. The molecule has 11 N–H and O–H groups in total. The first-order chi connectivity index (χ1) is 59.7. The number of fused-ring (bicyclic) bond motifs is 6. The maximum Gasteiger partial charge on any atom is 0.228 e. The van der Waals surface area contributed by atoms with Crippen LogP contribution < -0.4 is 72.9 Å². The second-order valence-electron chi connectivity index (χ2n) is 27.2. The third-order valence-electron chi connectivity index (χ3n) is 18.9. The summed E-state index contributed by atoms with van der Waals surface area (Å²) >= 11 is 0. The molecule has 6 aromatic carbocycles. The van der Waals surface area contributed by atoms with E-state index in [9.17, 15) is 0 Å². The topological polar surface area (TPSA) is 413 Å². The van der Waals surface area contributed by atoms with Crippen molar-refractivity contribution in [2.75, 3.05) is 140 Å². The molecule has 0 spiro atoms. The van der Waals surface area contributed by atoms with Crippen LogP contribution in [0.25, 0.3) is 33.9 Å². The van der Waals surface area contributed by atoms with Crippen LogP contribution in [0.5, 0.6) is 11.5 Å². The number of nitrogens with one attached hydrogen (secondary N) is 11. The number of ether oxygens (including phenoxy) is 2. The first-order valence-electron chi connectivity index (χ1n) is 38.9. The highest BCUT2D eigenvalue weighted by atomic mass is 16.5. The van der Waals surface area contributed by atoms with Crippen molar-refractivity contribution in [1.29, 1.82) is 0 Å². The average molecular weight is 1640 g/mol. The molecule has 38 heteroatoms. The Balaban J connectivity index is 0.000000126. The summed E-state index contributed by atoms with van der Waals surface area (Å²) in [5.74, 6) is 9.86. The van der Waals surface area contributed by atoms with Crippen LogP contribution in [0.3, 0.4) is 0 Å². The zero-order valence-corrected chi connectivity index (χ0v) is 69.8. The Labute approximate surface area is 702 Å². The number of para-hydroxylation sites is 3. The summed E-state index contributed by atoms with van der Waals surface area (Å²) in [6.45, 7) is 10.6. The summed E-state index contributed by atoms with van der Waals surface area (Å²) in [5.41, 5.74) is 15.6. The monoisotopic (exact) mass is 1640 g/mol. The Morgan fingerprint density at radius 3 is 1.16 bits per heavy atom. The fourth-order valence-corrected chi connectivity index (χ4v) is 12.6. The summed E-state index contributed by atoms with van der Waals surface area (Å²) in [6.07, 6.45) is 23.2. The lowest BCUT2D eigenvalue weighted by Gasteiger charge is -2.20. The van der Waals surface area contributed by atoms with Gasteiger partial charge >= 0.3 is 0 Å². The van der Waals surface area contributed by atoms with E-state index in [1.165, 1.54) is 33.4 Å². The highest BCUT2D eigenvalue weighted by Crippen LogP contribution is 2.34. The van der Waals surface area contributed by atoms with Crippen molar-refractivity contribution in [3.63, 3.8) is 0 Å². The molecule has 18 aromatic rings. The zero-order chi connectivity index (χ0) is 85.3. The lowest BCUT2D eigenvalue weighted by molar-refractivity contribution is 0.415. The summed E-state index contributed by atoms with van der Waals surface area (Å²) in [5, 5.41) is 83.7. The number of rotatable bonds is 25. The molecule has 0 saturated carbocycles. The maximum atomic E-state index is 5.40. The number of anilines is 15. The van der Waals surface area contributed by atoms with Gasteiger partial charge in [0.1, 0.15) is 11.5 Å². The number of nitrogens with zero attached hydrogens (tertiary/aromatic N) is 25. The van der Waals surface area contributed by atoms with Crippen molar-refractivity contribution in [1.82, 2.24) is 117 Å². The normalized spacial score (nSPS) is 10.7. The largest absolute Gasteiger partial charge is 0.495 e. The second-order valence-corrected chi connectivity index (χ2v) is 27.2. The minimum atomic E-state index is 0.621. The molecule has 0 saturated heterocycles. The highest BCUT2D eigenvalue weighted by Gasteiger charge is 2.19. The Kier molecular flexibility index (Phi) is 27.9. The first-order valence-corrected chi connectivity index (χ1v) is 38.9. The summed E-state index contributed by atoms with van der Waals surface area (Å²) in [4.78, 5) is 28.0. The Morgan fingerprint density at radius 1 is 0.320 bits per heavy atom. The minimum absolute atomic E-state index is 0.621. The number of hydrogen-bond donors (Lipinski definition) is 11. The molecule has 12 aromatic heterocycles. The molecule has 0 atom stereocenters. The molecule has 18 rings (SSSR count). The third kappa shape index (κ3) is 20.2. The molecule has 0 aliphatic heterocycles. The van der Waals surface area contributed by atoms with E-state index >= 15 is 0 Å². The van der Waals surface area contributed by atoms with Gasteiger partial charge in [-0.3, -0.25) is 26.4 Å². The van der Waals surface area contributed by atoms with Crippen molar-refractivity contribution in [2.45, 2.75) is 47.1 Å². The van der Waals surface area contributed by atoms with Crippen LogP contribution in [0.15, 0.2) is 220 Å². The Hall–Kier alpha value is -16.2. The van der Waals surface area contributed by atoms with Gasteiger partial charge in [-0.2, -0.15) is 0 Å². The van der Waals surface area contributed by atoms with Crippen LogP contribution in [0.4, 0.5) is 87.7 Å². The van der Waals surface area contributed by atoms with E-state index in [0.717, 1.165) is 88.8 Å². The predicted octanol–water partition coefficient (Wildman–Crippen LogP) is 12.4. The Bertz CT molecular complexity index is 6400. The molecule has 38 nitrogen and oxygen atoms in total. The van der Waals surface area contributed by atoms with E-state index in [1.807, 2.05) is 170 Å². The molecule has 12 heterocycles. The molecular formula is C84H96N36O2. The standard InChI is InChI=1S/2C15H18N6.2C14H16N6O.C14H16N6.C12H12N6/c1-11-3-5-12(6-4-11)7-8-17-13-14-19-20-15(16-2)21(14)10-9-18-13;1-11-4-3-5-12(10-11)6-7-17-13-14-19-20-15(16-2)21(14)9-8-18-13;1-9-4-5-11(21-3)10(8-9)17-12-13-18-19-14(15-2)20(13)7-6-16-12;1-15-14-18-17-13-12(16-8-9-20(13)14)19(2)10-6-4-5-7-11(10)21-3;1-10-3-5-11(6-4-10)9-17-12-13-18-19-14(15-2)20(13)8-7-16-12;1-13-12-17-16-11-10(14-7-8-18(11)12)15-9-5-3-2-4-6-9/h3-6,9-10H,7-8H2,1-2H3,(H,16,20)(H,17,18);3-5,8-10H,6-7H2,1-2H3,(H,16,20)(H,17,18);4-8H,1-3H3,(H,15,19)(H,16,17);4-9H,1-3H3,(H,15,18);3-8H,9H2,1-2H3,(H,15,19)(H,16,17);2-8H,1H3,(H,13,17)(H,14,15). The summed E-state index contributed by atoms with van der Waals surface area (Å²) in [7, 11) is 16.1. The van der Waals surface area contributed by atoms with Crippen molar-refractivity contribution in [3.05, 3.63) is 259 Å². The molecule has 122 heavy (non-hydrogen) atoms. The van der Waals surface area contributed by atoms with Crippen LogP contribution in [0.1, 0.15) is 38.9 Å². The number of aryl methyl sites for hydroxylation is 4. The van der Waals surface area contributed by atoms with Gasteiger partial charge in [-0.25, -0.2) is 29.9 Å². The van der Waals surface area contributed by atoms with Gasteiger partial charge in [0.05, 0.1) is 25.6 Å². The lowest BCUT2D eigenvalue weighted by Crippen LogP contribution is -2.14. The highest BCUT2D eigenvalue weighted by molar-refractivity contribution is 5.77. The van der Waals surface area contributed by atoms with Crippen molar-refractivity contribution < 1.29 is 9.47 Å². The van der Waals surface area contributed by atoms with E-state index in [4.69, 9.17) is 9.47 Å². The van der Waals surface area contributed by atoms with Gasteiger partial charge < -0.3 is 72.9 Å². The Morgan fingerprint density at radius 2 is 0.697 bits per heavy atom. The van der Waals surface area contributed by atoms with E-state index in [2.05, 4.69) is 243 Å². The van der Waals surface area contributed by atoms with Gasteiger partial charge in [0.15, 0.2) is 34.9 Å². The number of aromatic nitrogens is 24. The van der Waals surface area contributed by atoms with Crippen LogP contribution in [0, 0.1) is 27.7 Å². The number of methoxy groups -OCH3 is 2. The van der Waals surface area contributed by atoms with Crippen molar-refractivity contribution >= 4 is 122 Å². The number of hydrogen-bond acceptors (Lipinski definition) is 32. The molecule has 0 bridgehead atoms. The van der Waals surface area contributed by atoms with Crippen molar-refractivity contribution in [2.24, 2.45) is 0 Å². The minimum Gasteiger partial charge on any atom is -0.495 e. The van der Waals surface area contributed by atoms with E-state index in [-0.39, 0.29) is 0 Å². The molecule has 0 fully saturated rings. The van der Waals surface area contributed by atoms with Gasteiger partial charge in [0.2, 0.25) is 69.6 Å². The summed E-state index contributed by atoms with van der Waals surface area (Å²) < 4.78 is 21.9. The molecule has 624 valence electrons. The quantitative estimate of drug-likeness (QED) is 0.0253. The van der Waals surface area contributed by atoms with Crippen LogP contribution in [-0.4, -0.2) is 194 Å². The molecule has 0 aliphatic carbocycles. The molecule has 0 aliphatic rings. The van der Waals surface area contributed by atoms with E-state index < -0.39 is 0 Å². The fourth-order valence-electron chi connectivity index (χ4n) is 12.6. The molecular weight excluding hydrogens is 1550 g/mol. The summed E-state index contributed by atoms with van der Waals surface area (Å²) in [6, 6.07) is 49.0.